The van der Waals surface area contributed by atoms with E-state index in [2.05, 4.69) is 22.8 Å². The molecule has 0 aliphatic rings. The lowest BCUT2D eigenvalue weighted by molar-refractivity contribution is -0.126. The van der Waals surface area contributed by atoms with Crippen LogP contribution in [0.5, 0.6) is 5.75 Å². The molecule has 138 valence electrons. The minimum Gasteiger partial charge on any atom is -0.496 e. The number of methoxy groups -OCH3 is 1. The van der Waals surface area contributed by atoms with Crippen molar-refractivity contribution < 1.29 is 14.3 Å². The van der Waals surface area contributed by atoms with Gasteiger partial charge >= 0.3 is 0 Å². The molecule has 5 nitrogen and oxygen atoms in total. The van der Waals surface area contributed by atoms with Crippen molar-refractivity contribution in [1.82, 2.24) is 5.32 Å². The van der Waals surface area contributed by atoms with Gasteiger partial charge in [-0.25, -0.2) is 0 Å². The van der Waals surface area contributed by atoms with Crippen LogP contribution in [0, 0.1) is 5.92 Å². The van der Waals surface area contributed by atoms with E-state index in [0.717, 1.165) is 16.9 Å². The Kier molecular flexibility index (Phi) is 6.78. The van der Waals surface area contributed by atoms with Crippen molar-refractivity contribution >= 4 is 17.5 Å². The van der Waals surface area contributed by atoms with Crippen LogP contribution in [0.4, 0.5) is 5.69 Å². The van der Waals surface area contributed by atoms with E-state index < -0.39 is 6.04 Å². The van der Waals surface area contributed by atoms with Gasteiger partial charge in [0.15, 0.2) is 0 Å². The summed E-state index contributed by atoms with van der Waals surface area (Å²) in [6, 6.07) is 15.1. The molecule has 26 heavy (non-hydrogen) atoms. The highest BCUT2D eigenvalue weighted by Crippen LogP contribution is 2.25. The van der Waals surface area contributed by atoms with Gasteiger partial charge in [-0.3, -0.25) is 9.59 Å². The van der Waals surface area contributed by atoms with Gasteiger partial charge in [-0.1, -0.05) is 44.2 Å². The van der Waals surface area contributed by atoms with Crippen molar-refractivity contribution in [1.29, 1.82) is 0 Å². The second-order valence-corrected chi connectivity index (χ2v) is 6.60. The van der Waals surface area contributed by atoms with E-state index in [0.29, 0.717) is 12.1 Å². The lowest BCUT2D eigenvalue weighted by Crippen LogP contribution is -2.46. The van der Waals surface area contributed by atoms with Gasteiger partial charge in [0.25, 0.3) is 0 Å². The number of amides is 2. The standard InChI is InChI=1S/C21H26N2O3/c1-14(2)20(22-15(3)24)21(25)23-18-10-11-19(26-4)17(13-18)12-16-8-6-5-7-9-16/h5-11,13-14,20H,12H2,1-4H3,(H,22,24)(H,23,25)/t20-/m1/s1. The van der Waals surface area contributed by atoms with Gasteiger partial charge < -0.3 is 15.4 Å². The Morgan fingerprint density at radius 1 is 1.08 bits per heavy atom. The van der Waals surface area contributed by atoms with Gasteiger partial charge in [-0.05, 0) is 29.7 Å². The molecule has 0 aliphatic heterocycles. The monoisotopic (exact) mass is 354 g/mol. The average molecular weight is 354 g/mol. The molecule has 2 rings (SSSR count). The van der Waals surface area contributed by atoms with E-state index in [1.165, 1.54) is 6.92 Å². The molecule has 0 heterocycles. The first-order chi connectivity index (χ1) is 12.4. The van der Waals surface area contributed by atoms with Crippen LogP contribution >= 0.6 is 0 Å². The molecule has 2 amide bonds. The van der Waals surface area contributed by atoms with Crippen LogP contribution in [0.2, 0.25) is 0 Å². The van der Waals surface area contributed by atoms with Crippen LogP contribution in [0.25, 0.3) is 0 Å². The number of nitrogens with one attached hydrogen (secondary N) is 2. The second-order valence-electron chi connectivity index (χ2n) is 6.60. The lowest BCUT2D eigenvalue weighted by Gasteiger charge is -2.21. The normalized spacial score (nSPS) is 11.7. The molecule has 0 fully saturated rings. The molecule has 0 bridgehead atoms. The molecule has 0 spiro atoms. The number of hydrogen-bond donors (Lipinski definition) is 2. The van der Waals surface area contributed by atoms with Crippen molar-refractivity contribution in [3.05, 3.63) is 59.7 Å². The van der Waals surface area contributed by atoms with E-state index in [1.807, 2.05) is 44.2 Å². The molecule has 5 heteroatoms. The van der Waals surface area contributed by atoms with Crippen molar-refractivity contribution in [2.75, 3.05) is 12.4 Å². The first-order valence-electron chi connectivity index (χ1n) is 8.69. The minimum absolute atomic E-state index is 0.0130. The fraction of sp³-hybridized carbons (Fsp3) is 0.333. The SMILES string of the molecule is COc1ccc(NC(=O)[C@H](NC(C)=O)C(C)C)cc1Cc1ccccc1. The van der Waals surface area contributed by atoms with E-state index in [1.54, 1.807) is 13.2 Å². The zero-order valence-corrected chi connectivity index (χ0v) is 15.7. The third-order valence-corrected chi connectivity index (χ3v) is 4.09. The zero-order valence-electron chi connectivity index (χ0n) is 15.7. The summed E-state index contributed by atoms with van der Waals surface area (Å²) in [5.41, 5.74) is 2.82. The molecule has 0 unspecified atom stereocenters. The maximum atomic E-state index is 12.6. The van der Waals surface area contributed by atoms with E-state index >= 15 is 0 Å². The van der Waals surface area contributed by atoms with E-state index in [9.17, 15) is 9.59 Å². The Hall–Kier alpha value is -2.82. The molecule has 0 saturated carbocycles. The van der Waals surface area contributed by atoms with Gasteiger partial charge in [0, 0.05) is 24.6 Å². The van der Waals surface area contributed by atoms with Crippen LogP contribution in [0.15, 0.2) is 48.5 Å². The highest BCUT2D eigenvalue weighted by molar-refractivity contribution is 5.97. The zero-order chi connectivity index (χ0) is 19.1. The average Bonchev–Trinajstić information content (AvgIpc) is 2.60. The predicted octanol–water partition coefficient (Wildman–Crippen LogP) is 3.39. The molecule has 0 aromatic heterocycles. The van der Waals surface area contributed by atoms with Crippen LogP contribution in [-0.4, -0.2) is 25.0 Å². The smallest absolute Gasteiger partial charge is 0.247 e. The molecule has 2 aromatic carbocycles. The first kappa shape index (κ1) is 19.5. The first-order valence-corrected chi connectivity index (χ1v) is 8.69. The fourth-order valence-electron chi connectivity index (χ4n) is 2.78. The number of carbonyl (C=O) groups is 2. The molecular formula is C21H26N2O3. The number of benzene rings is 2. The highest BCUT2D eigenvalue weighted by atomic mass is 16.5. The predicted molar refractivity (Wildman–Crippen MR) is 103 cm³/mol. The molecule has 2 N–H and O–H groups in total. The number of carbonyl (C=O) groups excluding carboxylic acids is 2. The molecule has 1 atom stereocenters. The third-order valence-electron chi connectivity index (χ3n) is 4.09. The summed E-state index contributed by atoms with van der Waals surface area (Å²) in [4.78, 5) is 23.9. The summed E-state index contributed by atoms with van der Waals surface area (Å²) in [5, 5.41) is 5.60. The number of ether oxygens (including phenoxy) is 1. The van der Waals surface area contributed by atoms with Crippen molar-refractivity contribution in [2.45, 2.75) is 33.2 Å². The molecule has 0 radical (unpaired) electrons. The summed E-state index contributed by atoms with van der Waals surface area (Å²) >= 11 is 0. The summed E-state index contributed by atoms with van der Waals surface area (Å²) in [6.07, 6.45) is 0.701. The van der Waals surface area contributed by atoms with Crippen molar-refractivity contribution in [3.63, 3.8) is 0 Å². The lowest BCUT2D eigenvalue weighted by atomic mass is 10.0. The number of rotatable bonds is 7. The van der Waals surface area contributed by atoms with Gasteiger partial charge in [-0.2, -0.15) is 0 Å². The van der Waals surface area contributed by atoms with Crippen LogP contribution in [-0.2, 0) is 16.0 Å². The highest BCUT2D eigenvalue weighted by Gasteiger charge is 2.23. The molecule has 2 aromatic rings. The Balaban J connectivity index is 2.20. The van der Waals surface area contributed by atoms with Gasteiger partial charge in [-0.15, -0.1) is 0 Å². The minimum atomic E-state index is -0.577. The molecular weight excluding hydrogens is 328 g/mol. The Morgan fingerprint density at radius 2 is 1.77 bits per heavy atom. The Bertz CT molecular complexity index is 757. The van der Waals surface area contributed by atoms with Gasteiger partial charge in [0.1, 0.15) is 11.8 Å². The maximum absolute atomic E-state index is 12.6. The maximum Gasteiger partial charge on any atom is 0.247 e. The quantitative estimate of drug-likeness (QED) is 0.801. The third kappa shape index (κ3) is 5.34. The van der Waals surface area contributed by atoms with Crippen LogP contribution < -0.4 is 15.4 Å². The molecule has 0 saturated heterocycles. The number of hydrogen-bond acceptors (Lipinski definition) is 3. The summed E-state index contributed by atoms with van der Waals surface area (Å²) in [5.74, 6) is 0.305. The second kappa shape index (κ2) is 9.04. The van der Waals surface area contributed by atoms with Gasteiger partial charge in [0.2, 0.25) is 11.8 Å². The van der Waals surface area contributed by atoms with Crippen LogP contribution in [0.3, 0.4) is 0 Å². The van der Waals surface area contributed by atoms with Crippen molar-refractivity contribution in [3.8, 4) is 5.75 Å². The number of anilines is 1. The topological polar surface area (TPSA) is 67.4 Å². The summed E-state index contributed by atoms with van der Waals surface area (Å²) < 4.78 is 5.45. The molecule has 0 aliphatic carbocycles. The van der Waals surface area contributed by atoms with E-state index in [4.69, 9.17) is 4.74 Å². The van der Waals surface area contributed by atoms with E-state index in [-0.39, 0.29) is 17.7 Å². The summed E-state index contributed by atoms with van der Waals surface area (Å²) in [7, 11) is 1.63. The Labute approximate surface area is 154 Å². The van der Waals surface area contributed by atoms with Gasteiger partial charge in [0.05, 0.1) is 7.11 Å². The van der Waals surface area contributed by atoms with Crippen molar-refractivity contribution in [2.24, 2.45) is 5.92 Å². The van der Waals surface area contributed by atoms with Crippen LogP contribution in [0.1, 0.15) is 31.9 Å². The summed E-state index contributed by atoms with van der Waals surface area (Å²) in [6.45, 7) is 5.21. The Morgan fingerprint density at radius 3 is 2.35 bits per heavy atom. The largest absolute Gasteiger partial charge is 0.496 e. The fourth-order valence-corrected chi connectivity index (χ4v) is 2.78.